The summed E-state index contributed by atoms with van der Waals surface area (Å²) in [6.07, 6.45) is 0. The van der Waals surface area contributed by atoms with E-state index >= 15 is 0 Å². The fourth-order valence-corrected chi connectivity index (χ4v) is 0.672. The average Bonchev–Trinajstić information content (AvgIpc) is 1.88. The van der Waals surface area contributed by atoms with Crippen LogP contribution in [0.15, 0.2) is 24.3 Å². The van der Waals surface area contributed by atoms with Gasteiger partial charge in [0.2, 0.25) is 0 Å². The minimum absolute atomic E-state index is 0. The third kappa shape index (κ3) is 4.76. The first-order chi connectivity index (χ1) is 4.33. The van der Waals surface area contributed by atoms with Crippen LogP contribution in [0, 0.1) is 6.92 Å². The number of benzene rings is 1. The van der Waals surface area contributed by atoms with Crippen molar-refractivity contribution in [2.45, 2.75) is 0 Å². The van der Waals surface area contributed by atoms with Crippen molar-refractivity contribution in [1.82, 2.24) is 0 Å². The number of hydrogen-bond acceptors (Lipinski definition) is 1. The zero-order chi connectivity index (χ0) is 6.69. The van der Waals surface area contributed by atoms with Gasteiger partial charge in [0, 0.05) is 0 Å². The third-order valence-corrected chi connectivity index (χ3v) is 1.13. The molecule has 11 heavy (non-hydrogen) atoms. The van der Waals surface area contributed by atoms with Gasteiger partial charge in [-0.25, -0.2) is 0 Å². The molecular formula is C8H9IMgO. The van der Waals surface area contributed by atoms with Crippen LogP contribution in [-0.2, 0) is 0 Å². The molecule has 56 valence electrons. The van der Waals surface area contributed by atoms with Crippen LogP contribution in [0.1, 0.15) is 5.56 Å². The summed E-state index contributed by atoms with van der Waals surface area (Å²) < 4.78 is 4.96. The van der Waals surface area contributed by atoms with Gasteiger partial charge < -0.3 is 28.7 Å². The molecular weight excluding hydrogens is 263 g/mol. The summed E-state index contributed by atoms with van der Waals surface area (Å²) in [5.74, 6) is 0.863. The zero-order valence-corrected chi connectivity index (χ0v) is 10.1. The molecule has 0 aromatic heterocycles. The summed E-state index contributed by atoms with van der Waals surface area (Å²) in [6.45, 7) is 3.75. The summed E-state index contributed by atoms with van der Waals surface area (Å²) in [6, 6.07) is 7.64. The van der Waals surface area contributed by atoms with E-state index in [0.29, 0.717) is 0 Å². The van der Waals surface area contributed by atoms with Gasteiger partial charge in [-0.05, 0) is 6.07 Å². The van der Waals surface area contributed by atoms with Crippen LogP contribution in [0.5, 0.6) is 5.75 Å². The fourth-order valence-electron chi connectivity index (χ4n) is 0.672. The van der Waals surface area contributed by atoms with Crippen molar-refractivity contribution in [1.29, 1.82) is 0 Å². The summed E-state index contributed by atoms with van der Waals surface area (Å²) in [7, 11) is 1.65. The minimum Gasteiger partial charge on any atom is -1.00 e. The summed E-state index contributed by atoms with van der Waals surface area (Å²) >= 11 is 0. The van der Waals surface area contributed by atoms with Crippen LogP contribution in [-0.4, -0.2) is 30.2 Å². The van der Waals surface area contributed by atoms with Gasteiger partial charge in [0.05, 0.1) is 12.9 Å². The molecule has 0 radical (unpaired) electrons. The molecule has 0 unspecified atom stereocenters. The first-order valence-corrected chi connectivity index (χ1v) is 2.79. The van der Waals surface area contributed by atoms with Crippen LogP contribution >= 0.6 is 0 Å². The van der Waals surface area contributed by atoms with E-state index in [1.54, 1.807) is 7.11 Å². The molecule has 0 aliphatic carbocycles. The number of rotatable bonds is 1. The maximum atomic E-state index is 4.96. The molecule has 0 heterocycles. The second-order valence-electron chi connectivity index (χ2n) is 1.85. The second kappa shape index (κ2) is 7.06. The third-order valence-electron chi connectivity index (χ3n) is 1.13. The Balaban J connectivity index is 0. The molecule has 0 bridgehead atoms. The Morgan fingerprint density at radius 1 is 1.36 bits per heavy atom. The van der Waals surface area contributed by atoms with Crippen molar-refractivity contribution < 1.29 is 28.7 Å². The van der Waals surface area contributed by atoms with E-state index < -0.39 is 0 Å². The van der Waals surface area contributed by atoms with E-state index in [2.05, 4.69) is 6.92 Å². The second-order valence-corrected chi connectivity index (χ2v) is 1.85. The van der Waals surface area contributed by atoms with E-state index in [1.165, 1.54) is 0 Å². The van der Waals surface area contributed by atoms with Gasteiger partial charge in [-0.2, -0.15) is 18.6 Å². The molecule has 0 atom stereocenters. The first kappa shape index (κ1) is 13.9. The smallest absolute Gasteiger partial charge is 1.00 e. The Labute approximate surface area is 101 Å². The van der Waals surface area contributed by atoms with E-state index in [1.807, 2.05) is 24.3 Å². The summed E-state index contributed by atoms with van der Waals surface area (Å²) in [5, 5.41) is 0. The average molecular weight is 272 g/mol. The minimum atomic E-state index is 0. The molecule has 0 saturated heterocycles. The zero-order valence-electron chi connectivity index (χ0n) is 6.51. The van der Waals surface area contributed by atoms with Crippen molar-refractivity contribution in [2.75, 3.05) is 7.11 Å². The maximum absolute atomic E-state index is 4.96. The Morgan fingerprint density at radius 3 is 2.36 bits per heavy atom. The molecule has 0 fully saturated rings. The van der Waals surface area contributed by atoms with Crippen LogP contribution in [0.3, 0.4) is 0 Å². The molecule has 1 nitrogen and oxygen atoms in total. The maximum Gasteiger partial charge on any atom is 2.00 e. The van der Waals surface area contributed by atoms with Gasteiger partial charge in [-0.1, -0.05) is 0 Å². The molecule has 1 rings (SSSR count). The Morgan fingerprint density at radius 2 is 2.00 bits per heavy atom. The quantitative estimate of drug-likeness (QED) is 0.343. The largest absolute Gasteiger partial charge is 2.00 e. The van der Waals surface area contributed by atoms with Gasteiger partial charge in [-0.15, -0.1) is 12.1 Å². The van der Waals surface area contributed by atoms with Crippen LogP contribution in [0.25, 0.3) is 0 Å². The standard InChI is InChI=1S/C8H9O.HI.Mg/c1-7-4-3-5-8(6-7)9-2;;/h3-6H,1H2,2H3;1H;/q-1;;+2/p-1. The molecule has 0 saturated carbocycles. The van der Waals surface area contributed by atoms with E-state index in [9.17, 15) is 0 Å². The molecule has 0 N–H and O–H groups in total. The van der Waals surface area contributed by atoms with Crippen molar-refractivity contribution in [3.05, 3.63) is 36.8 Å². The van der Waals surface area contributed by atoms with E-state index in [4.69, 9.17) is 4.74 Å². The SMILES string of the molecule is [CH2-]c1cccc(OC)c1.[I-].[Mg+2]. The molecule has 1 aromatic rings. The Kier molecular flexibility index (Phi) is 8.95. The molecule has 1 aromatic carbocycles. The normalized spacial score (nSPS) is 7.36. The molecule has 0 aliphatic rings. The predicted octanol–water partition coefficient (Wildman–Crippen LogP) is -1.50. The van der Waals surface area contributed by atoms with Crippen molar-refractivity contribution >= 4 is 23.1 Å². The predicted molar refractivity (Wildman–Crippen MR) is 43.2 cm³/mol. The van der Waals surface area contributed by atoms with Crippen LogP contribution < -0.4 is 28.7 Å². The van der Waals surface area contributed by atoms with Gasteiger partial charge >= 0.3 is 23.1 Å². The van der Waals surface area contributed by atoms with Crippen LogP contribution in [0.2, 0.25) is 0 Å². The Hall–Kier alpha value is 0.386. The molecule has 0 spiro atoms. The van der Waals surface area contributed by atoms with Crippen LogP contribution in [0.4, 0.5) is 0 Å². The molecule has 0 amide bonds. The number of halogens is 1. The Bertz CT molecular complexity index is 203. The number of ether oxygens (including phenoxy) is 1. The van der Waals surface area contributed by atoms with Gasteiger partial charge in [0.15, 0.2) is 0 Å². The van der Waals surface area contributed by atoms with Gasteiger partial charge in [0.25, 0.3) is 0 Å². The topological polar surface area (TPSA) is 9.23 Å². The fraction of sp³-hybridized carbons (Fsp3) is 0.125. The molecule has 0 aliphatic heterocycles. The number of hydrogen-bond donors (Lipinski definition) is 0. The van der Waals surface area contributed by atoms with E-state index in [-0.39, 0.29) is 47.0 Å². The first-order valence-electron chi connectivity index (χ1n) is 2.79. The van der Waals surface area contributed by atoms with Crippen molar-refractivity contribution in [2.24, 2.45) is 0 Å². The summed E-state index contributed by atoms with van der Waals surface area (Å²) in [4.78, 5) is 0. The van der Waals surface area contributed by atoms with Gasteiger partial charge in [-0.3, -0.25) is 0 Å². The monoisotopic (exact) mass is 272 g/mol. The summed E-state index contributed by atoms with van der Waals surface area (Å²) in [5.41, 5.74) is 0.981. The van der Waals surface area contributed by atoms with Crippen molar-refractivity contribution in [3.63, 3.8) is 0 Å². The molecule has 3 heteroatoms. The number of methoxy groups -OCH3 is 1. The van der Waals surface area contributed by atoms with E-state index in [0.717, 1.165) is 11.3 Å². The van der Waals surface area contributed by atoms with Crippen molar-refractivity contribution in [3.8, 4) is 5.75 Å². The van der Waals surface area contributed by atoms with Gasteiger partial charge in [0.1, 0.15) is 0 Å².